The van der Waals surface area contributed by atoms with E-state index in [4.69, 9.17) is 0 Å². The smallest absolute Gasteiger partial charge is 0.0540 e. The summed E-state index contributed by atoms with van der Waals surface area (Å²) in [6.07, 6.45) is 0. The lowest BCUT2D eigenvalue weighted by molar-refractivity contribution is 1.03. The number of fused-ring (bicyclic) bond motifs is 12. The van der Waals surface area contributed by atoms with E-state index in [0.717, 1.165) is 45.3 Å². The van der Waals surface area contributed by atoms with Gasteiger partial charge in [0.1, 0.15) is 0 Å². The lowest BCUT2D eigenvalue weighted by Gasteiger charge is -2.32. The quantitative estimate of drug-likeness (QED) is 0.140. The van der Waals surface area contributed by atoms with E-state index in [-0.39, 0.29) is 5.92 Å². The molecule has 14 aromatic carbocycles. The molecule has 350 valence electrons. The monoisotopic (exact) mass is 952 g/mol. The zero-order valence-corrected chi connectivity index (χ0v) is 41.1. The predicted octanol–water partition coefficient (Wildman–Crippen LogP) is 20.4. The third-order valence-corrected chi connectivity index (χ3v) is 15.8. The molecule has 15 rings (SSSR count). The Morgan fingerprint density at radius 1 is 0.253 bits per heavy atom. The van der Waals surface area contributed by atoms with Crippen LogP contribution in [-0.2, 0) is 0 Å². The Kier molecular flexibility index (Phi) is 9.99. The first-order valence-electron chi connectivity index (χ1n) is 26.0. The molecule has 1 aliphatic rings. The van der Waals surface area contributed by atoms with Crippen LogP contribution < -0.4 is 9.80 Å². The van der Waals surface area contributed by atoms with E-state index >= 15 is 0 Å². The van der Waals surface area contributed by atoms with Crippen molar-refractivity contribution in [1.82, 2.24) is 0 Å². The average molecular weight is 953 g/mol. The molecule has 2 heteroatoms. The SMILES string of the molecule is c1ccc(C2c3ccc(-c4cc(N(c5cccc6ccccc56)c5cccc6ccccc56)cc(N(c5cccc6ccccc56)c5cccc6ccccc56)c4)cc3-c3c2c2ccccc2c2ccccc32)cc1. The molecule has 75 heavy (non-hydrogen) atoms. The molecule has 0 amide bonds. The van der Waals surface area contributed by atoms with Gasteiger partial charge in [-0.1, -0.05) is 237 Å². The van der Waals surface area contributed by atoms with Crippen molar-refractivity contribution in [2.24, 2.45) is 0 Å². The van der Waals surface area contributed by atoms with Crippen molar-refractivity contribution in [1.29, 1.82) is 0 Å². The molecular formula is C73H48N2. The lowest BCUT2D eigenvalue weighted by Crippen LogP contribution is -2.14. The Hall–Kier alpha value is -9.76. The summed E-state index contributed by atoms with van der Waals surface area (Å²) in [6.45, 7) is 0. The van der Waals surface area contributed by atoms with Gasteiger partial charge < -0.3 is 9.80 Å². The second kappa shape index (κ2) is 17.5. The van der Waals surface area contributed by atoms with E-state index in [0.29, 0.717) is 0 Å². The van der Waals surface area contributed by atoms with Gasteiger partial charge in [0.25, 0.3) is 0 Å². The minimum atomic E-state index is 0.0723. The third-order valence-electron chi connectivity index (χ3n) is 15.8. The van der Waals surface area contributed by atoms with Crippen LogP contribution in [0.1, 0.15) is 22.6 Å². The molecule has 0 heterocycles. The van der Waals surface area contributed by atoms with Crippen molar-refractivity contribution in [3.63, 3.8) is 0 Å². The van der Waals surface area contributed by atoms with Crippen LogP contribution in [0, 0.1) is 0 Å². The summed E-state index contributed by atoms with van der Waals surface area (Å²) in [5.41, 5.74) is 15.5. The maximum atomic E-state index is 2.51. The molecule has 1 unspecified atom stereocenters. The maximum absolute atomic E-state index is 2.51. The van der Waals surface area contributed by atoms with Crippen molar-refractivity contribution in [2.75, 3.05) is 9.80 Å². The zero-order valence-electron chi connectivity index (χ0n) is 41.1. The lowest BCUT2D eigenvalue weighted by atomic mass is 9.85. The largest absolute Gasteiger partial charge is 0.309 e. The van der Waals surface area contributed by atoms with Crippen LogP contribution >= 0.6 is 0 Å². The fourth-order valence-electron chi connectivity index (χ4n) is 12.6. The van der Waals surface area contributed by atoms with E-state index in [1.165, 1.54) is 92.5 Å². The van der Waals surface area contributed by atoms with Crippen LogP contribution in [-0.4, -0.2) is 0 Å². The van der Waals surface area contributed by atoms with Crippen LogP contribution in [0.4, 0.5) is 34.1 Å². The second-order valence-corrected chi connectivity index (χ2v) is 19.9. The van der Waals surface area contributed by atoms with Crippen molar-refractivity contribution in [3.8, 4) is 22.3 Å². The molecule has 0 radical (unpaired) electrons. The molecule has 0 aliphatic heterocycles. The van der Waals surface area contributed by atoms with Crippen molar-refractivity contribution in [3.05, 3.63) is 302 Å². The molecule has 0 spiro atoms. The van der Waals surface area contributed by atoms with Crippen molar-refractivity contribution in [2.45, 2.75) is 5.92 Å². The van der Waals surface area contributed by atoms with Gasteiger partial charge >= 0.3 is 0 Å². The molecule has 0 saturated heterocycles. The molecule has 1 atom stereocenters. The van der Waals surface area contributed by atoms with Crippen molar-refractivity contribution < 1.29 is 0 Å². The number of rotatable bonds is 8. The van der Waals surface area contributed by atoms with Crippen LogP contribution in [0.25, 0.3) is 86.9 Å². The van der Waals surface area contributed by atoms with Gasteiger partial charge in [-0.3, -0.25) is 0 Å². The Morgan fingerprint density at radius 2 is 0.627 bits per heavy atom. The molecule has 2 nitrogen and oxygen atoms in total. The van der Waals surface area contributed by atoms with Gasteiger partial charge in [-0.2, -0.15) is 0 Å². The van der Waals surface area contributed by atoms with Gasteiger partial charge in [0.2, 0.25) is 0 Å². The van der Waals surface area contributed by atoms with Crippen LogP contribution in [0.2, 0.25) is 0 Å². The summed E-state index contributed by atoms with van der Waals surface area (Å²) in [6, 6.07) is 106. The van der Waals surface area contributed by atoms with Gasteiger partial charge in [-0.15, -0.1) is 0 Å². The first-order chi connectivity index (χ1) is 37.2. The Morgan fingerprint density at radius 3 is 1.09 bits per heavy atom. The summed E-state index contributed by atoms with van der Waals surface area (Å²) < 4.78 is 0. The number of hydrogen-bond acceptors (Lipinski definition) is 2. The van der Waals surface area contributed by atoms with Gasteiger partial charge in [0.05, 0.1) is 22.7 Å². The Bertz CT molecular complexity index is 4210. The number of anilines is 6. The molecule has 0 N–H and O–H groups in total. The van der Waals surface area contributed by atoms with E-state index in [1.807, 2.05) is 0 Å². The molecule has 14 aromatic rings. The number of hydrogen-bond donors (Lipinski definition) is 0. The summed E-state index contributed by atoms with van der Waals surface area (Å²) in [7, 11) is 0. The summed E-state index contributed by atoms with van der Waals surface area (Å²) in [5, 5.41) is 14.6. The summed E-state index contributed by atoms with van der Waals surface area (Å²) >= 11 is 0. The summed E-state index contributed by atoms with van der Waals surface area (Å²) in [5.74, 6) is 0.0723. The van der Waals surface area contributed by atoms with Crippen LogP contribution in [0.3, 0.4) is 0 Å². The van der Waals surface area contributed by atoms with Gasteiger partial charge in [0, 0.05) is 38.8 Å². The van der Waals surface area contributed by atoms with Gasteiger partial charge in [0.15, 0.2) is 0 Å². The van der Waals surface area contributed by atoms with E-state index < -0.39 is 0 Å². The Labute approximate surface area is 436 Å². The third kappa shape index (κ3) is 6.95. The standard InChI is InChI=1S/C73H48N2/c1-2-24-52(25-3-1)71-65-43-42-53(46-66(65)72-63-36-14-12-34-61(63)62-35-13-15-37-64(62)73(71)72)54-44-55(74(67-38-16-26-48-20-4-8-30-57(48)67)68-39-17-27-49-21-5-9-31-58(49)68)47-56(45-54)75(69-40-18-28-50-22-6-10-32-59(50)69)70-41-19-29-51-23-7-11-33-60(51)70/h1-47,71H. The van der Waals surface area contributed by atoms with Crippen LogP contribution in [0.15, 0.2) is 285 Å². The highest BCUT2D eigenvalue weighted by atomic mass is 15.2. The first kappa shape index (κ1) is 42.9. The molecule has 0 fully saturated rings. The molecule has 0 saturated carbocycles. The second-order valence-electron chi connectivity index (χ2n) is 19.9. The maximum Gasteiger partial charge on any atom is 0.0540 e. The normalized spacial score (nSPS) is 12.9. The zero-order chi connectivity index (χ0) is 49.4. The molecule has 1 aliphatic carbocycles. The van der Waals surface area contributed by atoms with E-state index in [2.05, 4.69) is 295 Å². The number of nitrogens with zero attached hydrogens (tertiary/aromatic N) is 2. The highest BCUT2D eigenvalue weighted by molar-refractivity contribution is 6.18. The minimum Gasteiger partial charge on any atom is -0.309 e. The topological polar surface area (TPSA) is 6.48 Å². The minimum absolute atomic E-state index is 0.0723. The van der Waals surface area contributed by atoms with E-state index in [1.54, 1.807) is 0 Å². The van der Waals surface area contributed by atoms with E-state index in [9.17, 15) is 0 Å². The van der Waals surface area contributed by atoms with Crippen LogP contribution in [0.5, 0.6) is 0 Å². The van der Waals surface area contributed by atoms with Gasteiger partial charge in [-0.05, 0) is 131 Å². The Balaban J connectivity index is 1.06. The fourth-order valence-corrected chi connectivity index (χ4v) is 12.6. The average Bonchev–Trinajstić information content (AvgIpc) is 3.92. The first-order valence-corrected chi connectivity index (χ1v) is 26.0. The predicted molar refractivity (Wildman–Crippen MR) is 319 cm³/mol. The highest BCUT2D eigenvalue weighted by Gasteiger charge is 2.34. The molecule has 0 bridgehead atoms. The number of benzene rings is 14. The van der Waals surface area contributed by atoms with Crippen molar-refractivity contribution >= 4 is 98.8 Å². The molecule has 0 aromatic heterocycles. The highest BCUT2D eigenvalue weighted by Crippen LogP contribution is 2.56. The van der Waals surface area contributed by atoms with Gasteiger partial charge in [-0.25, -0.2) is 0 Å². The summed E-state index contributed by atoms with van der Waals surface area (Å²) in [4.78, 5) is 5.02. The molecular weight excluding hydrogens is 905 g/mol. The fraction of sp³-hybridized carbons (Fsp3) is 0.0137.